The molecule has 0 unspecified atom stereocenters. The van der Waals surface area contributed by atoms with Gasteiger partial charge in [-0.3, -0.25) is 0 Å². The molecular formula is C19H17BrCl2N4O. The third kappa shape index (κ3) is 5.03. The van der Waals surface area contributed by atoms with E-state index in [-0.39, 0.29) is 0 Å². The zero-order valence-corrected chi connectivity index (χ0v) is 17.8. The number of halogens is 3. The molecule has 0 radical (unpaired) electrons. The molecule has 5 nitrogen and oxygen atoms in total. The van der Waals surface area contributed by atoms with Gasteiger partial charge in [-0.15, -0.1) is 5.10 Å². The molecule has 0 fully saturated rings. The van der Waals surface area contributed by atoms with E-state index in [0.29, 0.717) is 27.4 Å². The molecule has 0 bridgehead atoms. The summed E-state index contributed by atoms with van der Waals surface area (Å²) in [6.07, 6.45) is 3.55. The van der Waals surface area contributed by atoms with Crippen molar-refractivity contribution in [3.8, 4) is 17.3 Å². The van der Waals surface area contributed by atoms with Gasteiger partial charge in [-0.2, -0.15) is 0 Å². The van der Waals surface area contributed by atoms with Gasteiger partial charge in [-0.1, -0.05) is 23.2 Å². The van der Waals surface area contributed by atoms with E-state index in [0.717, 1.165) is 16.7 Å². The fourth-order valence-corrected chi connectivity index (χ4v) is 2.89. The standard InChI is InChI=1S/C19H17BrCl2N4O/c1-3-25(2)12-23-17-10-15(20)18(11-16(17)22)27-19-8-9-26(24-19)14-6-4-13(21)5-7-14/h4-12H,3H2,1-2H3. The molecule has 3 rings (SSSR count). The Balaban J connectivity index is 1.79. The molecule has 0 aliphatic heterocycles. The predicted octanol–water partition coefficient (Wildman–Crippen LogP) is 6.35. The van der Waals surface area contributed by atoms with Crippen molar-refractivity contribution in [2.45, 2.75) is 6.92 Å². The first-order chi connectivity index (χ1) is 13.0. The quantitative estimate of drug-likeness (QED) is 0.313. The van der Waals surface area contributed by atoms with E-state index in [1.54, 1.807) is 23.2 Å². The molecule has 0 N–H and O–H groups in total. The van der Waals surface area contributed by atoms with Crippen LogP contribution in [0.5, 0.6) is 11.6 Å². The lowest BCUT2D eigenvalue weighted by molar-refractivity contribution is 0.455. The highest BCUT2D eigenvalue weighted by molar-refractivity contribution is 9.10. The lowest BCUT2D eigenvalue weighted by Crippen LogP contribution is -2.14. The Morgan fingerprint density at radius 3 is 2.67 bits per heavy atom. The van der Waals surface area contributed by atoms with E-state index >= 15 is 0 Å². The molecule has 0 aliphatic carbocycles. The molecule has 0 atom stereocenters. The second-order valence-corrected chi connectivity index (χ2v) is 7.43. The fourth-order valence-electron chi connectivity index (χ4n) is 2.15. The summed E-state index contributed by atoms with van der Waals surface area (Å²) in [7, 11) is 1.95. The van der Waals surface area contributed by atoms with Crippen molar-refractivity contribution in [3.63, 3.8) is 0 Å². The Kier molecular flexibility index (Phi) is 6.42. The molecule has 0 amide bonds. The van der Waals surface area contributed by atoms with Crippen LogP contribution in [0.15, 0.2) is 58.1 Å². The maximum absolute atomic E-state index is 6.34. The first-order valence-corrected chi connectivity index (χ1v) is 9.74. The summed E-state index contributed by atoms with van der Waals surface area (Å²) >= 11 is 15.8. The smallest absolute Gasteiger partial charge is 0.238 e. The van der Waals surface area contributed by atoms with Gasteiger partial charge in [0, 0.05) is 36.9 Å². The Morgan fingerprint density at radius 2 is 1.96 bits per heavy atom. The normalized spacial score (nSPS) is 11.1. The number of hydrogen-bond acceptors (Lipinski definition) is 3. The third-order valence-electron chi connectivity index (χ3n) is 3.76. The van der Waals surface area contributed by atoms with Crippen LogP contribution in [0.1, 0.15) is 6.92 Å². The van der Waals surface area contributed by atoms with Crippen molar-refractivity contribution in [2.24, 2.45) is 4.99 Å². The van der Waals surface area contributed by atoms with E-state index in [1.165, 1.54) is 0 Å². The van der Waals surface area contributed by atoms with Gasteiger partial charge in [0.25, 0.3) is 0 Å². The molecule has 0 spiro atoms. The van der Waals surface area contributed by atoms with E-state index in [1.807, 2.05) is 55.4 Å². The van der Waals surface area contributed by atoms with Gasteiger partial charge in [0.05, 0.1) is 27.2 Å². The minimum atomic E-state index is 0.448. The van der Waals surface area contributed by atoms with Crippen LogP contribution in [0.2, 0.25) is 10.0 Å². The van der Waals surface area contributed by atoms with Crippen LogP contribution in [-0.4, -0.2) is 34.6 Å². The summed E-state index contributed by atoms with van der Waals surface area (Å²) in [5, 5.41) is 5.59. The van der Waals surface area contributed by atoms with Gasteiger partial charge in [0.1, 0.15) is 5.75 Å². The van der Waals surface area contributed by atoms with E-state index in [9.17, 15) is 0 Å². The van der Waals surface area contributed by atoms with Gasteiger partial charge in [-0.05, 0) is 53.2 Å². The van der Waals surface area contributed by atoms with Crippen LogP contribution >= 0.6 is 39.1 Å². The molecule has 8 heteroatoms. The Labute approximate surface area is 176 Å². The SMILES string of the molecule is CCN(C)C=Nc1cc(Br)c(Oc2ccn(-c3ccc(Cl)cc3)n2)cc1Cl. The van der Waals surface area contributed by atoms with Crippen molar-refractivity contribution in [3.05, 3.63) is 63.2 Å². The molecule has 1 heterocycles. The minimum Gasteiger partial charge on any atom is -0.436 e. The zero-order valence-electron chi connectivity index (χ0n) is 14.7. The zero-order chi connectivity index (χ0) is 19.4. The number of aromatic nitrogens is 2. The molecule has 0 saturated carbocycles. The molecule has 3 aromatic rings. The molecule has 140 valence electrons. The van der Waals surface area contributed by atoms with Crippen molar-refractivity contribution < 1.29 is 4.74 Å². The van der Waals surface area contributed by atoms with Gasteiger partial charge in [0.15, 0.2) is 0 Å². The van der Waals surface area contributed by atoms with E-state index in [2.05, 4.69) is 26.0 Å². The van der Waals surface area contributed by atoms with Crippen LogP contribution < -0.4 is 4.74 Å². The Hall–Kier alpha value is -2.02. The van der Waals surface area contributed by atoms with Crippen LogP contribution in [0.4, 0.5) is 5.69 Å². The summed E-state index contributed by atoms with van der Waals surface area (Å²) < 4.78 is 8.31. The molecule has 0 aliphatic rings. The van der Waals surface area contributed by atoms with Crippen LogP contribution in [-0.2, 0) is 0 Å². The molecule has 1 aromatic heterocycles. The molecule has 2 aromatic carbocycles. The first kappa shape index (κ1) is 19.7. The number of nitrogens with zero attached hydrogens (tertiary/aromatic N) is 4. The minimum absolute atomic E-state index is 0.448. The van der Waals surface area contributed by atoms with Gasteiger partial charge in [-0.25, -0.2) is 9.67 Å². The highest BCUT2D eigenvalue weighted by Crippen LogP contribution is 2.37. The lowest BCUT2D eigenvalue weighted by Gasteiger charge is -2.10. The van der Waals surface area contributed by atoms with Crippen LogP contribution in [0.25, 0.3) is 5.69 Å². The maximum Gasteiger partial charge on any atom is 0.238 e. The van der Waals surface area contributed by atoms with Crippen molar-refractivity contribution >= 4 is 51.2 Å². The Bertz CT molecular complexity index is 957. The van der Waals surface area contributed by atoms with E-state index < -0.39 is 0 Å². The predicted molar refractivity (Wildman–Crippen MR) is 114 cm³/mol. The summed E-state index contributed by atoms with van der Waals surface area (Å²) in [5.74, 6) is 1.01. The second kappa shape index (κ2) is 8.78. The number of benzene rings is 2. The summed E-state index contributed by atoms with van der Waals surface area (Å²) in [6, 6.07) is 12.7. The average molecular weight is 468 g/mol. The molecule has 0 saturated heterocycles. The maximum atomic E-state index is 6.34. The van der Waals surface area contributed by atoms with Gasteiger partial charge < -0.3 is 9.64 Å². The topological polar surface area (TPSA) is 42.6 Å². The summed E-state index contributed by atoms with van der Waals surface area (Å²) in [6.45, 7) is 2.91. The van der Waals surface area contributed by atoms with E-state index in [4.69, 9.17) is 27.9 Å². The van der Waals surface area contributed by atoms with Crippen molar-refractivity contribution in [1.29, 1.82) is 0 Å². The summed E-state index contributed by atoms with van der Waals surface area (Å²) in [4.78, 5) is 6.35. The molecular weight excluding hydrogens is 451 g/mol. The van der Waals surface area contributed by atoms with Gasteiger partial charge >= 0.3 is 0 Å². The van der Waals surface area contributed by atoms with Crippen LogP contribution in [0.3, 0.4) is 0 Å². The average Bonchev–Trinajstić information content (AvgIpc) is 3.12. The lowest BCUT2D eigenvalue weighted by atomic mass is 10.3. The fraction of sp³-hybridized carbons (Fsp3) is 0.158. The highest BCUT2D eigenvalue weighted by atomic mass is 79.9. The van der Waals surface area contributed by atoms with Crippen LogP contribution in [0, 0.1) is 0 Å². The largest absolute Gasteiger partial charge is 0.436 e. The first-order valence-electron chi connectivity index (χ1n) is 8.19. The monoisotopic (exact) mass is 466 g/mol. The third-order valence-corrected chi connectivity index (χ3v) is 4.94. The number of rotatable bonds is 6. The highest BCUT2D eigenvalue weighted by Gasteiger charge is 2.11. The molecule has 27 heavy (non-hydrogen) atoms. The van der Waals surface area contributed by atoms with Crippen molar-refractivity contribution in [1.82, 2.24) is 14.7 Å². The number of hydrogen-bond donors (Lipinski definition) is 0. The van der Waals surface area contributed by atoms with Gasteiger partial charge in [0.2, 0.25) is 5.88 Å². The number of aliphatic imine (C=N–C) groups is 1. The Morgan fingerprint density at radius 1 is 1.22 bits per heavy atom. The number of ether oxygens (including phenoxy) is 1. The second-order valence-electron chi connectivity index (χ2n) is 5.73. The summed E-state index contributed by atoms with van der Waals surface area (Å²) in [5.41, 5.74) is 1.54. The van der Waals surface area contributed by atoms with Crippen molar-refractivity contribution in [2.75, 3.05) is 13.6 Å².